The molecule has 2 heterocycles. The lowest BCUT2D eigenvalue weighted by Crippen LogP contribution is -2.46. The Labute approximate surface area is 187 Å². The molecule has 7 heteroatoms. The molecule has 4 rings (SSSR count). The van der Waals surface area contributed by atoms with Crippen LogP contribution in [0.1, 0.15) is 48.9 Å². The maximum absolute atomic E-state index is 13.1. The Morgan fingerprint density at radius 3 is 2.61 bits per heavy atom. The number of amides is 2. The summed E-state index contributed by atoms with van der Waals surface area (Å²) in [4.78, 5) is 35.8. The van der Waals surface area contributed by atoms with Crippen molar-refractivity contribution in [3.8, 4) is 0 Å². The van der Waals surface area contributed by atoms with Crippen molar-refractivity contribution < 1.29 is 9.59 Å². The minimum Gasteiger partial charge on any atom is -0.346 e. The fourth-order valence-electron chi connectivity index (χ4n) is 4.09. The van der Waals surface area contributed by atoms with E-state index in [9.17, 15) is 9.59 Å². The zero-order valence-corrected chi connectivity index (χ0v) is 18.5. The summed E-state index contributed by atoms with van der Waals surface area (Å²) in [5.74, 6) is 0.588. The van der Waals surface area contributed by atoms with E-state index in [1.165, 1.54) is 0 Å². The van der Waals surface area contributed by atoms with Gasteiger partial charge in [-0.05, 0) is 55.2 Å². The van der Waals surface area contributed by atoms with Crippen molar-refractivity contribution in [3.05, 3.63) is 64.9 Å². The molecule has 0 unspecified atom stereocenters. The molecule has 3 aromatic rings. The molecule has 1 fully saturated rings. The van der Waals surface area contributed by atoms with Crippen LogP contribution in [0.2, 0.25) is 5.02 Å². The number of halogens is 1. The molecule has 1 aliphatic heterocycles. The number of hydrogen-bond donors (Lipinski definition) is 2. The number of aromatic amines is 1. The molecule has 0 bridgehead atoms. The zero-order valence-electron chi connectivity index (χ0n) is 17.8. The number of rotatable bonds is 5. The lowest BCUT2D eigenvalue weighted by atomic mass is 9.95. The summed E-state index contributed by atoms with van der Waals surface area (Å²) in [5.41, 5.74) is 2.43. The monoisotopic (exact) mass is 438 g/mol. The Balaban J connectivity index is 1.46. The van der Waals surface area contributed by atoms with Crippen LogP contribution in [0.4, 0.5) is 0 Å². The smallest absolute Gasteiger partial charge is 0.253 e. The first kappa shape index (κ1) is 21.4. The molecule has 2 N–H and O–H groups in total. The third-order valence-corrected chi connectivity index (χ3v) is 6.09. The van der Waals surface area contributed by atoms with Crippen molar-refractivity contribution in [1.29, 1.82) is 0 Å². The summed E-state index contributed by atoms with van der Waals surface area (Å²) in [6.07, 6.45) is 1.57. The molecule has 162 valence electrons. The van der Waals surface area contributed by atoms with Crippen LogP contribution in [0.5, 0.6) is 0 Å². The average molecular weight is 439 g/mol. The number of nitrogens with one attached hydrogen (secondary N) is 2. The molecule has 2 atom stereocenters. The van der Waals surface area contributed by atoms with Gasteiger partial charge in [0.05, 0.1) is 23.0 Å². The van der Waals surface area contributed by atoms with E-state index in [0.29, 0.717) is 23.7 Å². The van der Waals surface area contributed by atoms with Gasteiger partial charge in [-0.3, -0.25) is 9.59 Å². The number of aromatic nitrogens is 2. The second-order valence-electron chi connectivity index (χ2n) is 8.47. The Morgan fingerprint density at radius 2 is 1.90 bits per heavy atom. The molecule has 1 saturated heterocycles. The second-order valence-corrected chi connectivity index (χ2v) is 8.90. The standard InChI is InChI=1S/C24H27ClN4O2/c1-15(2)21(22-26-19-7-3-4-8-20(19)27-22)28-23(30)17-6-5-13-29(14-17)24(31)16-9-11-18(25)12-10-16/h3-4,7-12,15,17,21H,5-6,13-14H2,1-2H3,(H,26,27)(H,28,30)/t17-,21+/m0/s1. The number of nitrogens with zero attached hydrogens (tertiary/aromatic N) is 2. The molecule has 1 aromatic heterocycles. The topological polar surface area (TPSA) is 78.1 Å². The molecule has 0 saturated carbocycles. The molecule has 31 heavy (non-hydrogen) atoms. The highest BCUT2D eigenvalue weighted by molar-refractivity contribution is 6.30. The fourth-order valence-corrected chi connectivity index (χ4v) is 4.22. The summed E-state index contributed by atoms with van der Waals surface area (Å²) < 4.78 is 0. The van der Waals surface area contributed by atoms with Crippen LogP contribution in [-0.2, 0) is 4.79 Å². The predicted molar refractivity (Wildman–Crippen MR) is 122 cm³/mol. The van der Waals surface area contributed by atoms with Gasteiger partial charge < -0.3 is 15.2 Å². The zero-order chi connectivity index (χ0) is 22.0. The van der Waals surface area contributed by atoms with Crippen molar-refractivity contribution >= 4 is 34.4 Å². The lowest BCUT2D eigenvalue weighted by Gasteiger charge is -2.33. The maximum atomic E-state index is 13.1. The van der Waals surface area contributed by atoms with Crippen LogP contribution in [0.3, 0.4) is 0 Å². The summed E-state index contributed by atoms with van der Waals surface area (Å²) >= 11 is 5.93. The quantitative estimate of drug-likeness (QED) is 0.611. The van der Waals surface area contributed by atoms with Gasteiger partial charge in [0.2, 0.25) is 5.91 Å². The van der Waals surface area contributed by atoms with Gasteiger partial charge in [0.15, 0.2) is 0 Å². The van der Waals surface area contributed by atoms with Crippen molar-refractivity contribution in [2.75, 3.05) is 13.1 Å². The summed E-state index contributed by atoms with van der Waals surface area (Å²) in [6, 6.07) is 14.5. The Kier molecular flexibility index (Phi) is 6.28. The van der Waals surface area contributed by atoms with E-state index in [0.717, 1.165) is 29.7 Å². The number of carbonyl (C=O) groups is 2. The van der Waals surface area contributed by atoms with E-state index >= 15 is 0 Å². The van der Waals surface area contributed by atoms with Gasteiger partial charge in [0.25, 0.3) is 5.91 Å². The minimum absolute atomic E-state index is 0.0345. The van der Waals surface area contributed by atoms with Crippen molar-refractivity contribution in [2.45, 2.75) is 32.7 Å². The number of hydrogen-bond acceptors (Lipinski definition) is 3. The molecule has 0 aliphatic carbocycles. The predicted octanol–water partition coefficient (Wildman–Crippen LogP) is 4.58. The number of benzene rings is 2. The van der Waals surface area contributed by atoms with Gasteiger partial charge in [0, 0.05) is 23.7 Å². The normalized spacial score (nSPS) is 17.7. The van der Waals surface area contributed by atoms with Gasteiger partial charge >= 0.3 is 0 Å². The highest BCUT2D eigenvalue weighted by atomic mass is 35.5. The first-order valence-corrected chi connectivity index (χ1v) is 11.1. The van der Waals surface area contributed by atoms with Crippen LogP contribution in [-0.4, -0.2) is 39.8 Å². The van der Waals surface area contributed by atoms with Gasteiger partial charge in [-0.15, -0.1) is 0 Å². The molecule has 2 aromatic carbocycles. The van der Waals surface area contributed by atoms with Gasteiger partial charge in [-0.25, -0.2) is 4.98 Å². The number of H-pyrrole nitrogens is 1. The Bertz CT molecular complexity index is 1040. The largest absolute Gasteiger partial charge is 0.346 e. The highest BCUT2D eigenvalue weighted by Gasteiger charge is 2.31. The number of likely N-dealkylation sites (tertiary alicyclic amines) is 1. The van der Waals surface area contributed by atoms with Crippen molar-refractivity contribution in [2.24, 2.45) is 11.8 Å². The molecule has 6 nitrogen and oxygen atoms in total. The summed E-state index contributed by atoms with van der Waals surface area (Å²) in [6.45, 7) is 5.20. The molecule has 1 aliphatic rings. The van der Waals surface area contributed by atoms with E-state index in [1.54, 1.807) is 29.2 Å². The molecule has 0 radical (unpaired) electrons. The maximum Gasteiger partial charge on any atom is 0.253 e. The highest BCUT2D eigenvalue weighted by Crippen LogP contribution is 2.25. The number of fused-ring (bicyclic) bond motifs is 1. The fraction of sp³-hybridized carbons (Fsp3) is 0.375. The molecular weight excluding hydrogens is 412 g/mol. The second kappa shape index (κ2) is 9.10. The van der Waals surface area contributed by atoms with E-state index in [4.69, 9.17) is 11.6 Å². The Hall–Kier alpha value is -2.86. The average Bonchev–Trinajstić information content (AvgIpc) is 3.21. The number of piperidine rings is 1. The van der Waals surface area contributed by atoms with E-state index in [-0.39, 0.29) is 29.7 Å². The number of para-hydroxylation sites is 2. The SMILES string of the molecule is CC(C)[C@@H](NC(=O)[C@H]1CCCN(C(=O)c2ccc(Cl)cc2)C1)c1nc2ccccc2[nH]1. The van der Waals surface area contributed by atoms with Gasteiger partial charge in [0.1, 0.15) is 5.82 Å². The summed E-state index contributed by atoms with van der Waals surface area (Å²) in [7, 11) is 0. The minimum atomic E-state index is -0.240. The Morgan fingerprint density at radius 1 is 1.16 bits per heavy atom. The lowest BCUT2D eigenvalue weighted by molar-refractivity contribution is -0.127. The van der Waals surface area contributed by atoms with Crippen LogP contribution in [0.25, 0.3) is 11.0 Å². The first-order chi connectivity index (χ1) is 14.9. The van der Waals surface area contributed by atoms with Crippen LogP contribution in [0.15, 0.2) is 48.5 Å². The number of carbonyl (C=O) groups excluding carboxylic acids is 2. The molecule has 0 spiro atoms. The van der Waals surface area contributed by atoms with Gasteiger partial charge in [-0.2, -0.15) is 0 Å². The van der Waals surface area contributed by atoms with Crippen LogP contribution < -0.4 is 5.32 Å². The van der Waals surface area contributed by atoms with E-state index in [1.807, 2.05) is 24.3 Å². The van der Waals surface area contributed by atoms with Crippen molar-refractivity contribution in [3.63, 3.8) is 0 Å². The van der Waals surface area contributed by atoms with Crippen LogP contribution in [0, 0.1) is 11.8 Å². The van der Waals surface area contributed by atoms with E-state index < -0.39 is 0 Å². The first-order valence-electron chi connectivity index (χ1n) is 10.7. The van der Waals surface area contributed by atoms with Crippen LogP contribution >= 0.6 is 11.6 Å². The molecular formula is C24H27ClN4O2. The van der Waals surface area contributed by atoms with Gasteiger partial charge in [-0.1, -0.05) is 37.6 Å². The third-order valence-electron chi connectivity index (χ3n) is 5.84. The molecule has 2 amide bonds. The third kappa shape index (κ3) is 4.74. The van der Waals surface area contributed by atoms with E-state index in [2.05, 4.69) is 29.1 Å². The van der Waals surface area contributed by atoms with Crippen molar-refractivity contribution in [1.82, 2.24) is 20.2 Å². The summed E-state index contributed by atoms with van der Waals surface area (Å²) in [5, 5.41) is 3.78. The number of imidazole rings is 1.